The smallest absolute Gasteiger partial charge is 0.251 e. The van der Waals surface area contributed by atoms with Crippen LogP contribution in [0.25, 0.3) is 0 Å². The molecule has 2 heterocycles. The number of carbonyl (C=O) groups excluding carboxylic acids is 1. The summed E-state index contributed by atoms with van der Waals surface area (Å²) in [5.74, 6) is -0.382. The molecule has 1 aromatic carbocycles. The van der Waals surface area contributed by atoms with Crippen molar-refractivity contribution in [1.29, 1.82) is 0 Å². The molecule has 2 aromatic rings. The number of nitrogens with zero attached hydrogens (tertiary/aromatic N) is 1. The zero-order valence-electron chi connectivity index (χ0n) is 13.1. The summed E-state index contributed by atoms with van der Waals surface area (Å²) >= 11 is 0. The van der Waals surface area contributed by atoms with Gasteiger partial charge in [0.25, 0.3) is 5.91 Å². The van der Waals surface area contributed by atoms with Crippen molar-refractivity contribution in [3.05, 3.63) is 64.7 Å². The highest BCUT2D eigenvalue weighted by Gasteiger charge is 2.18. The molecule has 120 valence electrons. The molecule has 1 atom stereocenters. The molecule has 1 amide bonds. The minimum absolute atomic E-state index is 0.0285. The zero-order chi connectivity index (χ0) is 16.2. The number of hydrogen-bond acceptors (Lipinski definition) is 3. The Morgan fingerprint density at radius 3 is 3.04 bits per heavy atom. The Labute approximate surface area is 135 Å². The van der Waals surface area contributed by atoms with Gasteiger partial charge in [-0.25, -0.2) is 4.39 Å². The second-order valence-corrected chi connectivity index (χ2v) is 5.88. The average Bonchev–Trinajstić information content (AvgIpc) is 2.59. The predicted molar refractivity (Wildman–Crippen MR) is 86.8 cm³/mol. The molecular formula is C18H20FN3O. The van der Waals surface area contributed by atoms with Gasteiger partial charge >= 0.3 is 0 Å². The third-order valence-electron chi connectivity index (χ3n) is 4.21. The lowest BCUT2D eigenvalue weighted by molar-refractivity contribution is 0.0950. The van der Waals surface area contributed by atoms with Gasteiger partial charge in [-0.05, 0) is 42.3 Å². The summed E-state index contributed by atoms with van der Waals surface area (Å²) in [7, 11) is 0. The van der Waals surface area contributed by atoms with E-state index in [1.165, 1.54) is 17.8 Å². The first-order chi connectivity index (χ1) is 11.1. The van der Waals surface area contributed by atoms with E-state index >= 15 is 0 Å². The van der Waals surface area contributed by atoms with Crippen LogP contribution in [0.15, 0.2) is 36.5 Å². The number of benzene rings is 1. The highest BCUT2D eigenvalue weighted by Crippen LogP contribution is 2.19. The van der Waals surface area contributed by atoms with E-state index in [1.807, 2.05) is 19.1 Å². The van der Waals surface area contributed by atoms with Gasteiger partial charge in [0.1, 0.15) is 5.82 Å². The number of aromatic nitrogens is 1. The third kappa shape index (κ3) is 3.56. The number of pyridine rings is 1. The number of rotatable bonds is 4. The quantitative estimate of drug-likeness (QED) is 0.911. The van der Waals surface area contributed by atoms with Gasteiger partial charge in [-0.1, -0.05) is 19.1 Å². The molecule has 0 radical (unpaired) electrons. The summed E-state index contributed by atoms with van der Waals surface area (Å²) in [6, 6.07) is 8.90. The van der Waals surface area contributed by atoms with E-state index in [4.69, 9.17) is 0 Å². The van der Waals surface area contributed by atoms with E-state index in [1.54, 1.807) is 6.07 Å². The Balaban J connectivity index is 1.67. The number of fused-ring (bicyclic) bond motifs is 1. The standard InChI is InChI=1S/C18H20FN3O/c1-12(17-6-5-14(19)11-21-17)9-22-18(23)16-4-2-3-13-10-20-8-7-15(13)16/h2-6,11-12,20H,7-10H2,1H3,(H,22,23). The number of carbonyl (C=O) groups is 1. The van der Waals surface area contributed by atoms with Gasteiger partial charge in [0.2, 0.25) is 0 Å². The lowest BCUT2D eigenvalue weighted by atomic mass is 9.95. The van der Waals surface area contributed by atoms with Crippen LogP contribution >= 0.6 is 0 Å². The van der Waals surface area contributed by atoms with E-state index in [0.29, 0.717) is 6.54 Å². The van der Waals surface area contributed by atoms with Crippen molar-refractivity contribution in [3.63, 3.8) is 0 Å². The molecule has 0 aliphatic carbocycles. The molecule has 0 fully saturated rings. The van der Waals surface area contributed by atoms with Crippen molar-refractivity contribution in [2.24, 2.45) is 0 Å². The molecule has 0 saturated carbocycles. The maximum Gasteiger partial charge on any atom is 0.251 e. The van der Waals surface area contributed by atoms with Gasteiger partial charge in [-0.15, -0.1) is 0 Å². The lowest BCUT2D eigenvalue weighted by Crippen LogP contribution is -2.31. The van der Waals surface area contributed by atoms with Crippen molar-refractivity contribution < 1.29 is 9.18 Å². The zero-order valence-corrected chi connectivity index (χ0v) is 13.1. The van der Waals surface area contributed by atoms with Crippen LogP contribution in [-0.2, 0) is 13.0 Å². The Morgan fingerprint density at radius 2 is 2.26 bits per heavy atom. The summed E-state index contributed by atoms with van der Waals surface area (Å²) in [5.41, 5.74) is 3.85. The summed E-state index contributed by atoms with van der Waals surface area (Å²) in [6.07, 6.45) is 2.07. The summed E-state index contributed by atoms with van der Waals surface area (Å²) in [6.45, 7) is 4.14. The van der Waals surface area contributed by atoms with Crippen molar-refractivity contribution in [3.8, 4) is 0 Å². The fourth-order valence-electron chi connectivity index (χ4n) is 2.87. The summed E-state index contributed by atoms with van der Waals surface area (Å²) in [4.78, 5) is 16.6. The molecule has 1 unspecified atom stereocenters. The number of nitrogens with one attached hydrogen (secondary N) is 2. The molecule has 0 saturated heterocycles. The lowest BCUT2D eigenvalue weighted by Gasteiger charge is -2.20. The van der Waals surface area contributed by atoms with Crippen molar-refractivity contribution in [2.75, 3.05) is 13.1 Å². The third-order valence-corrected chi connectivity index (χ3v) is 4.21. The Hall–Kier alpha value is -2.27. The topological polar surface area (TPSA) is 54.0 Å². The van der Waals surface area contributed by atoms with Crippen molar-refractivity contribution in [1.82, 2.24) is 15.6 Å². The van der Waals surface area contributed by atoms with Crippen molar-refractivity contribution >= 4 is 5.91 Å². The van der Waals surface area contributed by atoms with Crippen LogP contribution in [0.4, 0.5) is 4.39 Å². The van der Waals surface area contributed by atoms with Crippen LogP contribution in [0.3, 0.4) is 0 Å². The van der Waals surface area contributed by atoms with Gasteiger partial charge in [-0.3, -0.25) is 9.78 Å². The number of halogens is 1. The minimum atomic E-state index is -0.352. The molecule has 5 heteroatoms. The molecule has 1 aliphatic heterocycles. The SMILES string of the molecule is CC(CNC(=O)c1cccc2c1CCNC2)c1ccc(F)cn1. The van der Waals surface area contributed by atoms with Gasteiger partial charge in [0.15, 0.2) is 0 Å². The average molecular weight is 313 g/mol. The molecule has 23 heavy (non-hydrogen) atoms. The van der Waals surface area contributed by atoms with Gasteiger partial charge in [0.05, 0.1) is 6.20 Å². The molecule has 1 aliphatic rings. The van der Waals surface area contributed by atoms with E-state index in [0.717, 1.165) is 36.3 Å². The fourth-order valence-corrected chi connectivity index (χ4v) is 2.87. The maximum absolute atomic E-state index is 12.9. The van der Waals surface area contributed by atoms with Gasteiger partial charge in [0, 0.05) is 30.3 Å². The Morgan fingerprint density at radius 1 is 1.39 bits per heavy atom. The normalized spacial score (nSPS) is 14.9. The second kappa shape index (κ2) is 6.87. The van der Waals surface area contributed by atoms with Crippen LogP contribution in [0, 0.1) is 5.82 Å². The second-order valence-electron chi connectivity index (χ2n) is 5.88. The highest BCUT2D eigenvalue weighted by atomic mass is 19.1. The maximum atomic E-state index is 12.9. The van der Waals surface area contributed by atoms with E-state index in [9.17, 15) is 9.18 Å². The Bertz CT molecular complexity index is 700. The van der Waals surface area contributed by atoms with Crippen LogP contribution < -0.4 is 10.6 Å². The fraction of sp³-hybridized carbons (Fsp3) is 0.333. The van der Waals surface area contributed by atoms with Gasteiger partial charge in [-0.2, -0.15) is 0 Å². The number of hydrogen-bond donors (Lipinski definition) is 2. The van der Waals surface area contributed by atoms with Crippen LogP contribution in [0.5, 0.6) is 0 Å². The number of amides is 1. The molecule has 0 spiro atoms. The van der Waals surface area contributed by atoms with E-state index in [2.05, 4.69) is 21.7 Å². The Kier molecular flexibility index (Phi) is 4.67. The molecular weight excluding hydrogens is 293 g/mol. The van der Waals surface area contributed by atoms with Crippen LogP contribution in [0.1, 0.15) is 40.0 Å². The summed E-state index contributed by atoms with van der Waals surface area (Å²) in [5, 5.41) is 6.28. The first-order valence-electron chi connectivity index (χ1n) is 7.86. The van der Waals surface area contributed by atoms with Crippen molar-refractivity contribution in [2.45, 2.75) is 25.8 Å². The molecule has 0 bridgehead atoms. The molecule has 1 aromatic heterocycles. The van der Waals surface area contributed by atoms with E-state index < -0.39 is 0 Å². The van der Waals surface area contributed by atoms with Crippen LogP contribution in [0.2, 0.25) is 0 Å². The largest absolute Gasteiger partial charge is 0.351 e. The van der Waals surface area contributed by atoms with Gasteiger partial charge < -0.3 is 10.6 Å². The first-order valence-corrected chi connectivity index (χ1v) is 7.86. The first kappa shape index (κ1) is 15.6. The molecule has 3 rings (SSSR count). The van der Waals surface area contributed by atoms with E-state index in [-0.39, 0.29) is 17.6 Å². The van der Waals surface area contributed by atoms with Crippen LogP contribution in [-0.4, -0.2) is 24.0 Å². The monoisotopic (exact) mass is 313 g/mol. The molecule has 4 nitrogen and oxygen atoms in total. The predicted octanol–water partition coefficient (Wildman–Crippen LogP) is 2.40. The summed E-state index contributed by atoms with van der Waals surface area (Å²) < 4.78 is 12.9. The highest BCUT2D eigenvalue weighted by molar-refractivity contribution is 5.96. The minimum Gasteiger partial charge on any atom is -0.351 e. The molecule has 2 N–H and O–H groups in total.